The molecule has 0 amide bonds. The third-order valence-corrected chi connectivity index (χ3v) is 12.4. The normalized spacial score (nSPS) is 12.8. The zero-order valence-electron chi connectivity index (χ0n) is 29.8. The largest absolute Gasteiger partial charge is 0.494 e. The number of carboxylic acids is 2. The predicted octanol–water partition coefficient (Wildman–Crippen LogP) is 6.47. The summed E-state index contributed by atoms with van der Waals surface area (Å²) < 4.78 is 44.8. The van der Waals surface area contributed by atoms with E-state index in [1.807, 2.05) is 43.3 Å². The summed E-state index contributed by atoms with van der Waals surface area (Å²) in [6.07, 6.45) is 3.28. The fourth-order valence-corrected chi connectivity index (χ4v) is 9.39. The van der Waals surface area contributed by atoms with E-state index in [4.69, 9.17) is 45.6 Å². The number of methoxy groups -OCH3 is 2. The Morgan fingerprint density at radius 2 is 1.65 bits per heavy atom. The number of rotatable bonds is 15. The van der Waals surface area contributed by atoms with Crippen LogP contribution in [0.3, 0.4) is 0 Å². The van der Waals surface area contributed by atoms with Crippen LogP contribution in [0.4, 0.5) is 0 Å². The lowest BCUT2D eigenvalue weighted by atomic mass is 10.1. The maximum atomic E-state index is 14.1. The molecule has 0 atom stereocenters. The van der Waals surface area contributed by atoms with Gasteiger partial charge in [0, 0.05) is 47.5 Å². The van der Waals surface area contributed by atoms with Crippen molar-refractivity contribution in [1.82, 2.24) is 9.80 Å². The molecule has 2 N–H and O–H groups in total. The Morgan fingerprint density at radius 1 is 0.962 bits per heavy atom. The number of halogens is 1. The van der Waals surface area contributed by atoms with Gasteiger partial charge in [0.15, 0.2) is 11.5 Å². The number of sulfone groups is 1. The summed E-state index contributed by atoms with van der Waals surface area (Å²) in [4.78, 5) is 25.7. The summed E-state index contributed by atoms with van der Waals surface area (Å²) in [5.74, 6) is -1.51. The van der Waals surface area contributed by atoms with Crippen molar-refractivity contribution in [3.05, 3.63) is 98.2 Å². The maximum absolute atomic E-state index is 14.1. The molecule has 52 heavy (non-hydrogen) atoms. The monoisotopic (exact) mass is 772 g/mol. The van der Waals surface area contributed by atoms with Crippen LogP contribution in [-0.4, -0.2) is 87.9 Å². The molecule has 1 aliphatic rings. The summed E-state index contributed by atoms with van der Waals surface area (Å²) in [5, 5.41) is 15.5. The lowest BCUT2D eigenvalue weighted by molar-refractivity contribution is -0.159. The highest BCUT2D eigenvalue weighted by Gasteiger charge is 2.32. The number of hydrogen-bond donors (Lipinski definition) is 2. The zero-order chi connectivity index (χ0) is 37.8. The molecule has 0 aliphatic carbocycles. The van der Waals surface area contributed by atoms with Crippen molar-refractivity contribution in [3.63, 3.8) is 0 Å². The van der Waals surface area contributed by atoms with Crippen LogP contribution < -0.4 is 14.2 Å². The van der Waals surface area contributed by atoms with Gasteiger partial charge in [-0.1, -0.05) is 42.8 Å². The van der Waals surface area contributed by atoms with Crippen LogP contribution >= 0.6 is 22.9 Å². The molecule has 4 aromatic rings. The molecule has 11 nitrogen and oxygen atoms in total. The van der Waals surface area contributed by atoms with Crippen LogP contribution in [0.25, 0.3) is 0 Å². The number of hydrogen-bond acceptors (Lipinski definition) is 10. The van der Waals surface area contributed by atoms with Crippen molar-refractivity contribution < 1.29 is 42.4 Å². The van der Waals surface area contributed by atoms with Gasteiger partial charge in [-0.3, -0.25) is 4.90 Å². The second kappa shape index (κ2) is 19.1. The van der Waals surface area contributed by atoms with Gasteiger partial charge in [0.2, 0.25) is 9.84 Å². The lowest BCUT2D eigenvalue weighted by Crippen LogP contribution is -2.30. The third kappa shape index (κ3) is 10.7. The Hall–Kier alpha value is -4.14. The van der Waals surface area contributed by atoms with Crippen LogP contribution in [0.1, 0.15) is 39.8 Å². The molecule has 0 radical (unpaired) electrons. The van der Waals surface area contributed by atoms with E-state index in [0.717, 1.165) is 71.4 Å². The minimum Gasteiger partial charge on any atom is -0.494 e. The lowest BCUT2D eigenvalue weighted by Gasteiger charge is -2.28. The van der Waals surface area contributed by atoms with Crippen molar-refractivity contribution in [2.45, 2.75) is 55.5 Å². The van der Waals surface area contributed by atoms with E-state index in [-0.39, 0.29) is 0 Å². The molecule has 0 bridgehead atoms. The summed E-state index contributed by atoms with van der Waals surface area (Å²) in [6.45, 7) is 6.53. The minimum absolute atomic E-state index is 0.299. The van der Waals surface area contributed by atoms with Gasteiger partial charge in [0.25, 0.3) is 0 Å². The minimum atomic E-state index is -3.69. The Kier molecular flexibility index (Phi) is 14.9. The standard InChI is InChI=1S/C36H43ClN2O5S2.C2H2O4/c1-5-34-36(30-25-39(21-18-35(30)45-34)24-27-9-6-7-10-31(27)37)46(40,41)29-14-12-28(13-15-29)44-22-8-19-38(2)20-17-26-11-16-32(42-3)33(23-26)43-4;3-1(4)2(5)6/h6-7,9-16,23H,5,8,17-22,24-25H2,1-4H3;(H,3,4)(H,5,6). The average molecular weight is 773 g/mol. The fraction of sp³-hybridized carbons (Fsp3) is 0.368. The summed E-state index contributed by atoms with van der Waals surface area (Å²) >= 11 is 8.08. The van der Waals surface area contributed by atoms with Gasteiger partial charge in [-0.05, 0) is 91.9 Å². The number of thiophene rings is 1. The molecule has 280 valence electrons. The number of ether oxygens (including phenoxy) is 3. The summed E-state index contributed by atoms with van der Waals surface area (Å²) in [6, 6.07) is 20.7. The Labute approximate surface area is 314 Å². The molecule has 2 heterocycles. The number of benzene rings is 3. The van der Waals surface area contributed by atoms with Gasteiger partial charge in [-0.15, -0.1) is 11.3 Å². The van der Waals surface area contributed by atoms with Crippen LogP contribution in [-0.2, 0) is 51.8 Å². The number of fused-ring (bicyclic) bond motifs is 1. The first kappa shape index (κ1) is 40.6. The molecule has 3 aromatic carbocycles. The van der Waals surface area contributed by atoms with Crippen LogP contribution in [0.2, 0.25) is 5.02 Å². The van der Waals surface area contributed by atoms with Gasteiger partial charge in [0.05, 0.1) is 30.6 Å². The van der Waals surface area contributed by atoms with Crippen LogP contribution in [0, 0.1) is 0 Å². The number of likely N-dealkylation sites (N-methyl/N-ethyl adjacent to an activating group) is 1. The van der Waals surface area contributed by atoms with E-state index in [1.54, 1.807) is 49.8 Å². The van der Waals surface area contributed by atoms with E-state index in [2.05, 4.69) is 22.9 Å². The molecule has 0 saturated heterocycles. The topological polar surface area (TPSA) is 143 Å². The van der Waals surface area contributed by atoms with Gasteiger partial charge < -0.3 is 29.3 Å². The Bertz CT molecular complexity index is 1920. The third-order valence-electron chi connectivity index (χ3n) is 8.59. The number of carbonyl (C=O) groups is 2. The highest BCUT2D eigenvalue weighted by molar-refractivity contribution is 7.91. The highest BCUT2D eigenvalue weighted by atomic mass is 35.5. The fourth-order valence-electron chi connectivity index (χ4n) is 5.85. The summed E-state index contributed by atoms with van der Waals surface area (Å²) in [7, 11) is 1.70. The molecule has 5 rings (SSSR count). The van der Waals surface area contributed by atoms with E-state index < -0.39 is 21.8 Å². The molecule has 0 saturated carbocycles. The van der Waals surface area contributed by atoms with Crippen LogP contribution in [0.15, 0.2) is 76.5 Å². The quantitative estimate of drug-likeness (QED) is 0.101. The first-order valence-electron chi connectivity index (χ1n) is 16.8. The van der Waals surface area contributed by atoms with Crippen molar-refractivity contribution in [1.29, 1.82) is 0 Å². The number of aryl methyl sites for hydroxylation is 1. The van der Waals surface area contributed by atoms with Crippen LogP contribution in [0.5, 0.6) is 17.2 Å². The smallest absolute Gasteiger partial charge is 0.414 e. The average Bonchev–Trinajstić information content (AvgIpc) is 3.52. The molecular formula is C38H45ClN2O9S2. The van der Waals surface area contributed by atoms with Gasteiger partial charge in [-0.2, -0.15) is 0 Å². The van der Waals surface area contributed by atoms with E-state index >= 15 is 0 Å². The van der Waals surface area contributed by atoms with Crippen molar-refractivity contribution in [2.24, 2.45) is 0 Å². The first-order chi connectivity index (χ1) is 24.9. The molecule has 1 aliphatic heterocycles. The highest BCUT2D eigenvalue weighted by Crippen LogP contribution is 2.40. The zero-order valence-corrected chi connectivity index (χ0v) is 32.2. The number of nitrogens with zero attached hydrogens (tertiary/aromatic N) is 2. The SMILES string of the molecule is CCc1sc2c(c1S(=O)(=O)c1ccc(OCCCN(C)CCc3ccc(OC)c(OC)c3)cc1)CN(Cc1ccccc1Cl)CC2.O=C(O)C(=O)O. The molecule has 0 unspecified atom stereocenters. The van der Waals surface area contributed by atoms with Crippen molar-refractivity contribution in [2.75, 3.05) is 47.5 Å². The second-order valence-electron chi connectivity index (χ2n) is 12.2. The second-order valence-corrected chi connectivity index (χ2v) is 15.7. The summed E-state index contributed by atoms with van der Waals surface area (Å²) in [5.41, 5.74) is 3.19. The van der Waals surface area contributed by atoms with Gasteiger partial charge >= 0.3 is 11.9 Å². The molecule has 1 aromatic heterocycles. The molecule has 14 heteroatoms. The predicted molar refractivity (Wildman–Crippen MR) is 201 cm³/mol. The molecule has 0 spiro atoms. The van der Waals surface area contributed by atoms with Crippen molar-refractivity contribution >= 4 is 44.7 Å². The van der Waals surface area contributed by atoms with Gasteiger partial charge in [0.1, 0.15) is 5.75 Å². The molecule has 0 fully saturated rings. The number of carboxylic acid groups (broad SMARTS) is 2. The maximum Gasteiger partial charge on any atom is 0.414 e. The van der Waals surface area contributed by atoms with E-state index in [9.17, 15) is 8.42 Å². The van der Waals surface area contributed by atoms with E-state index in [0.29, 0.717) is 41.7 Å². The van der Waals surface area contributed by atoms with Gasteiger partial charge in [-0.25, -0.2) is 18.0 Å². The van der Waals surface area contributed by atoms with E-state index in [1.165, 1.54) is 10.4 Å². The van der Waals surface area contributed by atoms with Crippen molar-refractivity contribution in [3.8, 4) is 17.2 Å². The Balaban J connectivity index is 0.000000929. The molecular weight excluding hydrogens is 728 g/mol. The first-order valence-corrected chi connectivity index (χ1v) is 19.5. The Morgan fingerprint density at radius 3 is 2.29 bits per heavy atom. The number of aliphatic carboxylic acids is 2.